The van der Waals surface area contributed by atoms with Crippen molar-refractivity contribution in [1.82, 2.24) is 4.90 Å². The molecule has 1 aliphatic rings. The van der Waals surface area contributed by atoms with Gasteiger partial charge in [0, 0.05) is 30.3 Å². The summed E-state index contributed by atoms with van der Waals surface area (Å²) in [7, 11) is 0. The van der Waals surface area contributed by atoms with E-state index in [0.717, 1.165) is 24.3 Å². The summed E-state index contributed by atoms with van der Waals surface area (Å²) in [5, 5.41) is 2.96. The molecule has 1 N–H and O–H groups in total. The third kappa shape index (κ3) is 5.35. The number of para-hydroxylation sites is 1. The number of carbonyl (C=O) groups excluding carboxylic acids is 2. The van der Waals surface area contributed by atoms with Crippen LogP contribution in [0.5, 0.6) is 5.75 Å². The van der Waals surface area contributed by atoms with Crippen LogP contribution in [0.1, 0.15) is 43.0 Å². The molecule has 1 fully saturated rings. The monoisotopic (exact) mass is 380 g/mol. The highest BCUT2D eigenvalue weighted by Gasteiger charge is 2.27. The Kier molecular flexibility index (Phi) is 7.06. The number of anilines is 1. The molecule has 0 spiro atoms. The standard InChI is InChI=1S/C23H28N2O3/c1-2-3-17-28-21-11-9-19(10-12-21)23(27)25-15-13-18(14-16-25)22(26)24-20-7-5-4-6-8-20/h4-12,18H,2-3,13-17H2,1H3,(H,24,26). The minimum absolute atomic E-state index is 0.0158. The quantitative estimate of drug-likeness (QED) is 0.726. The van der Waals surface area contributed by atoms with Crippen LogP contribution in [0.2, 0.25) is 0 Å². The normalized spacial score (nSPS) is 14.5. The van der Waals surface area contributed by atoms with E-state index in [1.54, 1.807) is 0 Å². The van der Waals surface area contributed by atoms with Crippen LogP contribution in [-0.2, 0) is 4.79 Å². The molecule has 0 aliphatic carbocycles. The van der Waals surface area contributed by atoms with Crippen molar-refractivity contribution in [3.05, 3.63) is 60.2 Å². The van der Waals surface area contributed by atoms with Gasteiger partial charge in [-0.2, -0.15) is 0 Å². The van der Waals surface area contributed by atoms with E-state index >= 15 is 0 Å². The first-order chi connectivity index (χ1) is 13.7. The molecule has 0 bridgehead atoms. The third-order valence-electron chi connectivity index (χ3n) is 5.06. The molecule has 0 unspecified atom stereocenters. The van der Waals surface area contributed by atoms with Crippen molar-refractivity contribution in [3.63, 3.8) is 0 Å². The van der Waals surface area contributed by atoms with Gasteiger partial charge in [0.25, 0.3) is 5.91 Å². The summed E-state index contributed by atoms with van der Waals surface area (Å²) in [6.07, 6.45) is 3.48. The van der Waals surface area contributed by atoms with Gasteiger partial charge < -0.3 is 15.0 Å². The van der Waals surface area contributed by atoms with Crippen LogP contribution in [0.3, 0.4) is 0 Å². The minimum atomic E-state index is -0.0569. The number of nitrogens with zero attached hydrogens (tertiary/aromatic N) is 1. The fraction of sp³-hybridized carbons (Fsp3) is 0.391. The molecule has 1 aliphatic heterocycles. The molecule has 1 saturated heterocycles. The molecule has 5 nitrogen and oxygen atoms in total. The lowest BCUT2D eigenvalue weighted by molar-refractivity contribution is -0.121. The predicted octanol–water partition coefficient (Wildman–Crippen LogP) is 4.36. The van der Waals surface area contributed by atoms with E-state index < -0.39 is 0 Å². The maximum atomic E-state index is 12.7. The summed E-state index contributed by atoms with van der Waals surface area (Å²) in [6.45, 7) is 4.02. The van der Waals surface area contributed by atoms with E-state index in [-0.39, 0.29) is 17.7 Å². The Bertz CT molecular complexity index is 766. The summed E-state index contributed by atoms with van der Waals surface area (Å²) < 4.78 is 5.65. The fourth-order valence-electron chi connectivity index (χ4n) is 3.32. The van der Waals surface area contributed by atoms with E-state index in [9.17, 15) is 9.59 Å². The van der Waals surface area contributed by atoms with Gasteiger partial charge in [-0.1, -0.05) is 31.5 Å². The second kappa shape index (κ2) is 9.93. The van der Waals surface area contributed by atoms with Crippen LogP contribution in [0.25, 0.3) is 0 Å². The number of ether oxygens (including phenoxy) is 1. The zero-order valence-corrected chi connectivity index (χ0v) is 16.4. The minimum Gasteiger partial charge on any atom is -0.494 e. The number of hydrogen-bond acceptors (Lipinski definition) is 3. The number of amides is 2. The molecule has 0 saturated carbocycles. The van der Waals surface area contributed by atoms with Crippen LogP contribution < -0.4 is 10.1 Å². The summed E-state index contributed by atoms with van der Waals surface area (Å²) in [4.78, 5) is 27.0. The van der Waals surface area contributed by atoms with Crippen molar-refractivity contribution in [3.8, 4) is 5.75 Å². The molecular weight excluding hydrogens is 352 g/mol. The molecular formula is C23H28N2O3. The highest BCUT2D eigenvalue weighted by Crippen LogP contribution is 2.22. The molecule has 2 aromatic carbocycles. The van der Waals surface area contributed by atoms with E-state index in [0.29, 0.717) is 38.1 Å². The van der Waals surface area contributed by atoms with Crippen LogP contribution in [-0.4, -0.2) is 36.4 Å². The summed E-state index contributed by atoms with van der Waals surface area (Å²) in [5.41, 5.74) is 1.47. The lowest BCUT2D eigenvalue weighted by Gasteiger charge is -2.31. The number of nitrogens with one attached hydrogen (secondary N) is 1. The highest BCUT2D eigenvalue weighted by atomic mass is 16.5. The van der Waals surface area contributed by atoms with Crippen molar-refractivity contribution < 1.29 is 14.3 Å². The summed E-state index contributed by atoms with van der Waals surface area (Å²) >= 11 is 0. The summed E-state index contributed by atoms with van der Waals surface area (Å²) in [5.74, 6) is 0.786. The van der Waals surface area contributed by atoms with Crippen LogP contribution in [0.15, 0.2) is 54.6 Å². The Hall–Kier alpha value is -2.82. The van der Waals surface area contributed by atoms with Crippen molar-refractivity contribution in [2.24, 2.45) is 5.92 Å². The molecule has 28 heavy (non-hydrogen) atoms. The molecule has 0 aromatic heterocycles. The lowest BCUT2D eigenvalue weighted by Crippen LogP contribution is -2.41. The number of unbranched alkanes of at least 4 members (excludes halogenated alkanes) is 1. The fourth-order valence-corrected chi connectivity index (χ4v) is 3.32. The Balaban J connectivity index is 1.48. The van der Waals surface area contributed by atoms with Gasteiger partial charge in [0.05, 0.1) is 6.61 Å². The topological polar surface area (TPSA) is 58.6 Å². The van der Waals surface area contributed by atoms with Gasteiger partial charge in [-0.25, -0.2) is 0 Å². The first kappa shape index (κ1) is 19.9. The van der Waals surface area contributed by atoms with Crippen LogP contribution in [0, 0.1) is 5.92 Å². The van der Waals surface area contributed by atoms with Gasteiger partial charge in [-0.15, -0.1) is 0 Å². The third-order valence-corrected chi connectivity index (χ3v) is 5.06. The van der Waals surface area contributed by atoms with Gasteiger partial charge in [-0.3, -0.25) is 9.59 Å². The number of carbonyl (C=O) groups is 2. The molecule has 1 heterocycles. The van der Waals surface area contributed by atoms with E-state index in [4.69, 9.17) is 4.74 Å². The molecule has 5 heteroatoms. The number of piperidine rings is 1. The zero-order chi connectivity index (χ0) is 19.8. The summed E-state index contributed by atoms with van der Waals surface area (Å²) in [6, 6.07) is 16.8. The molecule has 0 atom stereocenters. The largest absolute Gasteiger partial charge is 0.494 e. The van der Waals surface area contributed by atoms with Crippen LogP contribution in [0.4, 0.5) is 5.69 Å². The van der Waals surface area contributed by atoms with Gasteiger partial charge in [0.15, 0.2) is 0 Å². The first-order valence-corrected chi connectivity index (χ1v) is 10.1. The van der Waals surface area contributed by atoms with Crippen molar-refractivity contribution in [1.29, 1.82) is 0 Å². The lowest BCUT2D eigenvalue weighted by atomic mass is 9.95. The maximum absolute atomic E-state index is 12.7. The molecule has 2 aromatic rings. The SMILES string of the molecule is CCCCOc1ccc(C(=O)N2CCC(C(=O)Nc3ccccc3)CC2)cc1. The molecule has 148 valence electrons. The van der Waals surface area contributed by atoms with Crippen molar-refractivity contribution >= 4 is 17.5 Å². The average molecular weight is 380 g/mol. The van der Waals surface area contributed by atoms with E-state index in [1.807, 2.05) is 59.5 Å². The highest BCUT2D eigenvalue weighted by molar-refractivity contribution is 5.95. The zero-order valence-electron chi connectivity index (χ0n) is 16.4. The molecule has 3 rings (SSSR count). The Morgan fingerprint density at radius 2 is 1.71 bits per heavy atom. The Labute approximate surface area is 166 Å². The predicted molar refractivity (Wildman–Crippen MR) is 111 cm³/mol. The molecule has 0 radical (unpaired) electrons. The average Bonchev–Trinajstić information content (AvgIpc) is 2.75. The Morgan fingerprint density at radius 3 is 2.36 bits per heavy atom. The molecule has 2 amide bonds. The van der Waals surface area contributed by atoms with Gasteiger partial charge >= 0.3 is 0 Å². The smallest absolute Gasteiger partial charge is 0.253 e. The van der Waals surface area contributed by atoms with Gasteiger partial charge in [-0.05, 0) is 55.7 Å². The van der Waals surface area contributed by atoms with Crippen molar-refractivity contribution in [2.45, 2.75) is 32.6 Å². The second-order valence-corrected chi connectivity index (χ2v) is 7.15. The van der Waals surface area contributed by atoms with Gasteiger partial charge in [0.1, 0.15) is 5.75 Å². The number of benzene rings is 2. The van der Waals surface area contributed by atoms with E-state index in [2.05, 4.69) is 12.2 Å². The number of hydrogen-bond donors (Lipinski definition) is 1. The van der Waals surface area contributed by atoms with Crippen molar-refractivity contribution in [2.75, 3.05) is 25.0 Å². The van der Waals surface area contributed by atoms with E-state index in [1.165, 1.54) is 0 Å². The number of likely N-dealkylation sites (tertiary alicyclic amines) is 1. The maximum Gasteiger partial charge on any atom is 0.253 e. The van der Waals surface area contributed by atoms with Gasteiger partial charge in [0.2, 0.25) is 5.91 Å². The van der Waals surface area contributed by atoms with Crippen LogP contribution >= 0.6 is 0 Å². The number of rotatable bonds is 7. The first-order valence-electron chi connectivity index (χ1n) is 10.1. The Morgan fingerprint density at radius 1 is 1.04 bits per heavy atom. The second-order valence-electron chi connectivity index (χ2n) is 7.15.